The number of nitrogen functional groups attached to an aromatic ring is 1. The van der Waals surface area contributed by atoms with Gasteiger partial charge in [-0.05, 0) is 50.1 Å². The van der Waals surface area contributed by atoms with Crippen LogP contribution in [0.4, 0.5) is 11.4 Å². The first kappa shape index (κ1) is 22.8. The first-order valence-corrected chi connectivity index (χ1v) is 10.8. The monoisotopic (exact) mass is 474 g/mol. The van der Waals surface area contributed by atoms with Gasteiger partial charge in [0, 0.05) is 18.4 Å². The number of cyclic esters (lactones) is 1. The molecular weight excluding hydrogens is 452 g/mol. The lowest BCUT2D eigenvalue weighted by atomic mass is 10.1. The van der Waals surface area contributed by atoms with E-state index < -0.39 is 41.2 Å². The molecule has 10 nitrogen and oxygen atoms in total. The maximum Gasteiger partial charge on any atom is 0.310 e. The van der Waals surface area contributed by atoms with Crippen molar-refractivity contribution in [1.29, 1.82) is 0 Å². The van der Waals surface area contributed by atoms with Gasteiger partial charge < -0.3 is 25.8 Å². The third-order valence-electron chi connectivity index (χ3n) is 5.68. The predicted octanol–water partition coefficient (Wildman–Crippen LogP) is 1.62. The third-order valence-corrected chi connectivity index (χ3v) is 6.00. The van der Waals surface area contributed by atoms with Crippen LogP contribution in [0.2, 0.25) is 5.02 Å². The van der Waals surface area contributed by atoms with E-state index in [1.807, 2.05) is 0 Å². The fourth-order valence-electron chi connectivity index (χ4n) is 3.76. The molecule has 0 radical (unpaired) electrons. The number of nitrogens with two attached hydrogens (primary N) is 1. The summed E-state index contributed by atoms with van der Waals surface area (Å²) in [6.07, 6.45) is 1.49. The van der Waals surface area contributed by atoms with Crippen LogP contribution in [0.3, 0.4) is 0 Å². The SMILES string of the molecule is CCO[C@H]1OC(=O)C[C@@H]1NC(=O)C1(n2cccc(NC(=O)c3ccc(N)c(Cl)c3)c2=O)CC1. The summed E-state index contributed by atoms with van der Waals surface area (Å²) in [7, 11) is 0. The number of hydrogen-bond donors (Lipinski definition) is 3. The molecule has 0 spiro atoms. The number of amides is 2. The number of carbonyl (C=O) groups excluding carboxylic acids is 3. The molecule has 1 aliphatic heterocycles. The van der Waals surface area contributed by atoms with Crippen LogP contribution in [0, 0.1) is 0 Å². The Morgan fingerprint density at radius 2 is 2.06 bits per heavy atom. The number of anilines is 2. The number of aromatic nitrogens is 1. The highest BCUT2D eigenvalue weighted by Crippen LogP contribution is 2.43. The molecule has 174 valence electrons. The van der Waals surface area contributed by atoms with Gasteiger partial charge in [-0.25, -0.2) is 0 Å². The van der Waals surface area contributed by atoms with Crippen LogP contribution in [0.5, 0.6) is 0 Å². The Hall–Kier alpha value is -3.37. The van der Waals surface area contributed by atoms with E-state index in [1.54, 1.807) is 13.0 Å². The van der Waals surface area contributed by atoms with Gasteiger partial charge >= 0.3 is 5.97 Å². The number of nitrogens with one attached hydrogen (secondary N) is 2. The van der Waals surface area contributed by atoms with Crippen molar-refractivity contribution in [1.82, 2.24) is 9.88 Å². The van der Waals surface area contributed by atoms with Crippen LogP contribution in [-0.2, 0) is 24.6 Å². The van der Waals surface area contributed by atoms with Crippen molar-refractivity contribution in [2.45, 2.75) is 44.1 Å². The fourth-order valence-corrected chi connectivity index (χ4v) is 3.94. The molecule has 1 aliphatic carbocycles. The number of benzene rings is 1. The van der Waals surface area contributed by atoms with E-state index in [-0.39, 0.29) is 22.7 Å². The number of rotatable bonds is 7. The standard InChI is InChI=1S/C22H23ClN4O6/c1-2-32-20-16(11-17(28)33-20)26-21(31)22(7-8-22)27-9-3-4-15(19(27)30)25-18(29)12-5-6-14(24)13(23)10-12/h3-6,9-10,16,20H,2,7-8,11,24H2,1H3,(H,25,29)(H,26,31)/t16-,20-/m0/s1. The van der Waals surface area contributed by atoms with Crippen molar-refractivity contribution in [2.75, 3.05) is 17.7 Å². The van der Waals surface area contributed by atoms with Gasteiger partial charge in [-0.15, -0.1) is 0 Å². The van der Waals surface area contributed by atoms with Gasteiger partial charge in [0.15, 0.2) is 0 Å². The minimum absolute atomic E-state index is 0.0123. The quantitative estimate of drug-likeness (QED) is 0.409. The molecule has 1 saturated carbocycles. The molecule has 33 heavy (non-hydrogen) atoms. The number of esters is 1. The normalized spacial score (nSPS) is 20.7. The van der Waals surface area contributed by atoms with E-state index in [0.717, 1.165) is 0 Å². The van der Waals surface area contributed by atoms with Gasteiger partial charge in [-0.3, -0.25) is 23.7 Å². The lowest BCUT2D eigenvalue weighted by molar-refractivity contribution is -0.164. The Labute approximate surface area is 194 Å². The molecule has 0 unspecified atom stereocenters. The summed E-state index contributed by atoms with van der Waals surface area (Å²) >= 11 is 5.97. The van der Waals surface area contributed by atoms with Crippen molar-refractivity contribution in [3.8, 4) is 0 Å². The van der Waals surface area contributed by atoms with Crippen LogP contribution in [-0.4, -0.2) is 41.3 Å². The number of pyridine rings is 1. The second-order valence-electron chi connectivity index (χ2n) is 7.92. The summed E-state index contributed by atoms with van der Waals surface area (Å²) < 4.78 is 11.8. The number of nitrogens with zero attached hydrogens (tertiary/aromatic N) is 1. The van der Waals surface area contributed by atoms with E-state index in [2.05, 4.69) is 10.6 Å². The highest BCUT2D eigenvalue weighted by atomic mass is 35.5. The molecule has 2 atom stereocenters. The van der Waals surface area contributed by atoms with Crippen molar-refractivity contribution in [3.05, 3.63) is 57.5 Å². The van der Waals surface area contributed by atoms with Crippen LogP contribution in [0.1, 0.15) is 36.5 Å². The highest BCUT2D eigenvalue weighted by Gasteiger charge is 2.54. The smallest absolute Gasteiger partial charge is 0.310 e. The molecular formula is C22H23ClN4O6. The molecule has 0 bridgehead atoms. The van der Waals surface area contributed by atoms with E-state index in [9.17, 15) is 19.2 Å². The molecule has 4 rings (SSSR count). The third kappa shape index (κ3) is 4.44. The van der Waals surface area contributed by atoms with Crippen molar-refractivity contribution in [3.63, 3.8) is 0 Å². The minimum atomic E-state index is -1.11. The Bertz CT molecular complexity index is 1180. The van der Waals surface area contributed by atoms with Gasteiger partial charge in [-0.2, -0.15) is 0 Å². The first-order valence-electron chi connectivity index (χ1n) is 10.5. The Balaban J connectivity index is 1.53. The van der Waals surface area contributed by atoms with Crippen LogP contribution in [0.25, 0.3) is 0 Å². The molecule has 2 heterocycles. The zero-order valence-corrected chi connectivity index (χ0v) is 18.6. The van der Waals surface area contributed by atoms with Gasteiger partial charge in [0.1, 0.15) is 17.3 Å². The molecule has 1 aromatic heterocycles. The number of carbonyl (C=O) groups is 3. The maximum absolute atomic E-state index is 13.1. The van der Waals surface area contributed by atoms with Gasteiger partial charge in [0.25, 0.3) is 11.5 Å². The summed E-state index contributed by atoms with van der Waals surface area (Å²) in [5.41, 5.74) is 4.62. The molecule has 11 heteroatoms. The summed E-state index contributed by atoms with van der Waals surface area (Å²) in [5.74, 6) is -1.41. The fraction of sp³-hybridized carbons (Fsp3) is 0.364. The molecule has 2 fully saturated rings. The number of halogens is 1. The van der Waals surface area contributed by atoms with Gasteiger partial charge in [0.05, 0.1) is 17.1 Å². The lowest BCUT2D eigenvalue weighted by Crippen LogP contribution is -2.49. The second kappa shape index (κ2) is 8.87. The van der Waals surface area contributed by atoms with E-state index in [0.29, 0.717) is 25.1 Å². The molecule has 1 saturated heterocycles. The Morgan fingerprint density at radius 1 is 1.30 bits per heavy atom. The van der Waals surface area contributed by atoms with Crippen LogP contribution >= 0.6 is 11.6 Å². The zero-order valence-electron chi connectivity index (χ0n) is 17.8. The number of hydrogen-bond acceptors (Lipinski definition) is 7. The second-order valence-corrected chi connectivity index (χ2v) is 8.32. The molecule has 1 aromatic carbocycles. The molecule has 2 amide bonds. The van der Waals surface area contributed by atoms with Gasteiger partial charge in [0.2, 0.25) is 12.2 Å². The summed E-state index contributed by atoms with van der Waals surface area (Å²) in [4.78, 5) is 50.5. The Kier molecular flexibility index (Phi) is 6.13. The van der Waals surface area contributed by atoms with Crippen molar-refractivity contribution < 1.29 is 23.9 Å². The summed E-state index contributed by atoms with van der Waals surface area (Å²) in [6, 6.07) is 6.79. The van der Waals surface area contributed by atoms with Crippen LogP contribution in [0.15, 0.2) is 41.3 Å². The molecule has 2 aliphatic rings. The topological polar surface area (TPSA) is 142 Å². The number of ether oxygens (including phenoxy) is 2. The molecule has 4 N–H and O–H groups in total. The summed E-state index contributed by atoms with van der Waals surface area (Å²) in [5, 5.41) is 5.58. The first-order chi connectivity index (χ1) is 15.7. The lowest BCUT2D eigenvalue weighted by Gasteiger charge is -2.23. The average Bonchev–Trinajstić information content (AvgIpc) is 3.51. The minimum Gasteiger partial charge on any atom is -0.433 e. The van der Waals surface area contributed by atoms with Gasteiger partial charge in [-0.1, -0.05) is 11.6 Å². The molecule has 2 aromatic rings. The Morgan fingerprint density at radius 3 is 2.73 bits per heavy atom. The highest BCUT2D eigenvalue weighted by molar-refractivity contribution is 6.33. The van der Waals surface area contributed by atoms with E-state index in [4.69, 9.17) is 26.8 Å². The largest absolute Gasteiger partial charge is 0.433 e. The zero-order chi connectivity index (χ0) is 23.8. The predicted molar refractivity (Wildman–Crippen MR) is 120 cm³/mol. The maximum atomic E-state index is 13.1. The summed E-state index contributed by atoms with van der Waals surface area (Å²) in [6.45, 7) is 2.07. The van der Waals surface area contributed by atoms with E-state index >= 15 is 0 Å². The van der Waals surface area contributed by atoms with Crippen LogP contribution < -0.4 is 21.9 Å². The average molecular weight is 475 g/mol. The van der Waals surface area contributed by atoms with Crippen molar-refractivity contribution >= 4 is 40.8 Å². The van der Waals surface area contributed by atoms with Crippen molar-refractivity contribution in [2.24, 2.45) is 0 Å². The van der Waals surface area contributed by atoms with E-state index in [1.165, 1.54) is 35.0 Å².